The van der Waals surface area contributed by atoms with Crippen molar-refractivity contribution in [1.29, 1.82) is 0 Å². The summed E-state index contributed by atoms with van der Waals surface area (Å²) >= 11 is 5.95. The Hall–Kier alpha value is -2.17. The number of nitrogens with zero attached hydrogens (tertiary/aromatic N) is 1. The lowest BCUT2D eigenvalue weighted by atomic mass is 9.70. The molecule has 0 aromatic heterocycles. The number of fused-ring (bicyclic) bond motifs is 1. The van der Waals surface area contributed by atoms with Crippen LogP contribution in [0.3, 0.4) is 0 Å². The number of carbonyl (C=O) groups is 2. The van der Waals surface area contributed by atoms with Gasteiger partial charge < -0.3 is 10.0 Å². The Labute approximate surface area is 163 Å². The molecule has 1 aliphatic heterocycles. The molecule has 4 nitrogen and oxygen atoms in total. The minimum absolute atomic E-state index is 0.210. The van der Waals surface area contributed by atoms with Crippen LogP contribution < -0.4 is 0 Å². The zero-order valence-corrected chi connectivity index (χ0v) is 15.8. The van der Waals surface area contributed by atoms with Gasteiger partial charge in [-0.1, -0.05) is 35.9 Å². The van der Waals surface area contributed by atoms with Gasteiger partial charge in [-0.15, -0.1) is 0 Å². The average molecular weight is 384 g/mol. The summed E-state index contributed by atoms with van der Waals surface area (Å²) < 4.78 is 0. The number of carbonyl (C=O) groups excluding carboxylic acids is 2. The largest absolute Gasteiger partial charge is 0.388 e. The van der Waals surface area contributed by atoms with Crippen LogP contribution in [0.1, 0.15) is 39.9 Å². The third kappa shape index (κ3) is 3.40. The van der Waals surface area contributed by atoms with E-state index in [2.05, 4.69) is 0 Å². The molecule has 2 aliphatic rings. The van der Waals surface area contributed by atoms with E-state index in [0.29, 0.717) is 23.6 Å². The Kier molecular flexibility index (Phi) is 4.79. The van der Waals surface area contributed by atoms with Crippen molar-refractivity contribution in [2.75, 3.05) is 13.2 Å². The number of Topliss-reactive ketones (excluding diaryl/α,β-unsaturated/α-hetero) is 1. The van der Waals surface area contributed by atoms with E-state index in [1.54, 1.807) is 6.07 Å². The van der Waals surface area contributed by atoms with Gasteiger partial charge in [0, 0.05) is 23.7 Å². The van der Waals surface area contributed by atoms with Crippen molar-refractivity contribution in [3.63, 3.8) is 0 Å². The SMILES string of the molecule is O=C(CO)c1ccc2c(c1)CC1(CC2)CCN(Cc2ccc(Cl)cc2)C1=O. The number of hydrogen-bond donors (Lipinski definition) is 1. The van der Waals surface area contributed by atoms with E-state index in [0.717, 1.165) is 36.9 Å². The van der Waals surface area contributed by atoms with Crippen LogP contribution in [-0.4, -0.2) is 34.8 Å². The second-order valence-electron chi connectivity index (χ2n) is 7.63. The number of aryl methyl sites for hydroxylation is 1. The Bertz CT molecular complexity index is 893. The van der Waals surface area contributed by atoms with Gasteiger partial charge in [0.25, 0.3) is 0 Å². The summed E-state index contributed by atoms with van der Waals surface area (Å²) in [6.45, 7) is 0.872. The number of likely N-dealkylation sites (tertiary alicyclic amines) is 1. The van der Waals surface area contributed by atoms with Crippen molar-refractivity contribution in [2.24, 2.45) is 5.41 Å². The first-order chi connectivity index (χ1) is 13.0. The van der Waals surface area contributed by atoms with Crippen LogP contribution in [0.15, 0.2) is 42.5 Å². The molecule has 4 rings (SSSR count). The van der Waals surface area contributed by atoms with Crippen LogP contribution in [0.25, 0.3) is 0 Å². The molecule has 2 aromatic rings. The molecule has 1 heterocycles. The average Bonchev–Trinajstić information content (AvgIpc) is 2.98. The van der Waals surface area contributed by atoms with E-state index in [4.69, 9.17) is 16.7 Å². The van der Waals surface area contributed by atoms with Gasteiger partial charge in [-0.2, -0.15) is 0 Å². The van der Waals surface area contributed by atoms with Gasteiger partial charge in [0.05, 0.1) is 5.41 Å². The topological polar surface area (TPSA) is 57.6 Å². The maximum Gasteiger partial charge on any atom is 0.229 e. The van der Waals surface area contributed by atoms with Gasteiger partial charge >= 0.3 is 0 Å². The molecule has 1 unspecified atom stereocenters. The van der Waals surface area contributed by atoms with Crippen LogP contribution in [0, 0.1) is 5.41 Å². The van der Waals surface area contributed by atoms with E-state index in [-0.39, 0.29) is 17.1 Å². The van der Waals surface area contributed by atoms with Crippen LogP contribution in [0.5, 0.6) is 0 Å². The minimum atomic E-state index is -0.488. The van der Waals surface area contributed by atoms with E-state index >= 15 is 0 Å². The first-order valence-electron chi connectivity index (χ1n) is 9.30. The molecule has 1 aliphatic carbocycles. The summed E-state index contributed by atoms with van der Waals surface area (Å²) in [7, 11) is 0. The highest BCUT2D eigenvalue weighted by molar-refractivity contribution is 6.30. The number of amides is 1. The Morgan fingerprint density at radius 3 is 2.63 bits per heavy atom. The lowest BCUT2D eigenvalue weighted by Crippen LogP contribution is -2.38. The molecule has 27 heavy (non-hydrogen) atoms. The molecule has 1 N–H and O–H groups in total. The third-order valence-electron chi connectivity index (χ3n) is 5.96. The van der Waals surface area contributed by atoms with Gasteiger partial charge in [-0.25, -0.2) is 0 Å². The van der Waals surface area contributed by atoms with Crippen molar-refractivity contribution in [2.45, 2.75) is 32.2 Å². The highest BCUT2D eigenvalue weighted by Gasteiger charge is 2.47. The summed E-state index contributed by atoms with van der Waals surface area (Å²) in [5.41, 5.74) is 3.52. The van der Waals surface area contributed by atoms with Gasteiger partial charge in [-0.3, -0.25) is 9.59 Å². The highest BCUT2D eigenvalue weighted by Crippen LogP contribution is 2.44. The van der Waals surface area contributed by atoms with E-state index < -0.39 is 6.61 Å². The monoisotopic (exact) mass is 383 g/mol. The van der Waals surface area contributed by atoms with Gasteiger partial charge in [0.2, 0.25) is 5.91 Å². The number of rotatable bonds is 4. The van der Waals surface area contributed by atoms with Crippen LogP contribution in [-0.2, 0) is 24.2 Å². The van der Waals surface area contributed by atoms with E-state index in [1.807, 2.05) is 41.3 Å². The molecule has 1 saturated heterocycles. The summed E-state index contributed by atoms with van der Waals surface area (Å²) in [6.07, 6.45) is 3.22. The zero-order valence-electron chi connectivity index (χ0n) is 15.1. The molecule has 0 bridgehead atoms. The normalized spacial score (nSPS) is 21.6. The number of halogens is 1. The first kappa shape index (κ1) is 18.2. The van der Waals surface area contributed by atoms with E-state index in [9.17, 15) is 9.59 Å². The first-order valence-corrected chi connectivity index (χ1v) is 9.68. The zero-order chi connectivity index (χ0) is 19.0. The van der Waals surface area contributed by atoms with Crippen molar-refractivity contribution in [1.82, 2.24) is 4.90 Å². The van der Waals surface area contributed by atoms with E-state index in [1.165, 1.54) is 5.56 Å². The number of hydrogen-bond acceptors (Lipinski definition) is 3. The fourth-order valence-electron chi connectivity index (χ4n) is 4.38. The van der Waals surface area contributed by atoms with Crippen LogP contribution in [0.2, 0.25) is 5.02 Å². The van der Waals surface area contributed by atoms with Crippen molar-refractivity contribution in [3.05, 3.63) is 69.7 Å². The maximum atomic E-state index is 13.2. The predicted molar refractivity (Wildman–Crippen MR) is 104 cm³/mol. The van der Waals surface area contributed by atoms with Crippen LogP contribution >= 0.6 is 11.6 Å². The standard InChI is InChI=1S/C22H22ClNO3/c23-19-5-1-15(2-6-19)13-24-10-9-22(21(24)27)8-7-16-3-4-17(20(26)14-25)11-18(16)12-22/h1-6,11,25H,7-10,12-14H2. The smallest absolute Gasteiger partial charge is 0.229 e. The summed E-state index contributed by atoms with van der Waals surface area (Å²) in [5, 5.41) is 9.81. The molecule has 1 atom stereocenters. The number of aliphatic hydroxyl groups is 1. The molecule has 5 heteroatoms. The molecule has 0 saturated carbocycles. The van der Waals surface area contributed by atoms with Gasteiger partial charge in [0.1, 0.15) is 6.61 Å². The fraction of sp³-hybridized carbons (Fsp3) is 0.364. The molecule has 1 fully saturated rings. The molecular formula is C22H22ClNO3. The second-order valence-corrected chi connectivity index (χ2v) is 8.06. The summed E-state index contributed by atoms with van der Waals surface area (Å²) in [5.74, 6) is -0.0680. The highest BCUT2D eigenvalue weighted by atomic mass is 35.5. The Morgan fingerprint density at radius 2 is 1.89 bits per heavy atom. The summed E-state index contributed by atoms with van der Waals surface area (Å²) in [4.78, 5) is 27.0. The number of benzene rings is 2. The molecule has 1 spiro atoms. The third-order valence-corrected chi connectivity index (χ3v) is 6.21. The minimum Gasteiger partial charge on any atom is -0.388 e. The Morgan fingerprint density at radius 1 is 1.11 bits per heavy atom. The second kappa shape index (κ2) is 7.10. The van der Waals surface area contributed by atoms with Crippen LogP contribution in [0.4, 0.5) is 0 Å². The molecule has 0 radical (unpaired) electrons. The lowest BCUT2D eigenvalue weighted by Gasteiger charge is -2.33. The fourth-order valence-corrected chi connectivity index (χ4v) is 4.50. The molecule has 140 valence electrons. The number of aliphatic hydroxyl groups excluding tert-OH is 1. The Balaban J connectivity index is 1.54. The maximum absolute atomic E-state index is 13.2. The van der Waals surface area contributed by atoms with Crippen molar-refractivity contribution in [3.8, 4) is 0 Å². The lowest BCUT2D eigenvalue weighted by molar-refractivity contribution is -0.137. The van der Waals surface area contributed by atoms with Crippen molar-refractivity contribution >= 4 is 23.3 Å². The molecule has 2 aromatic carbocycles. The number of ketones is 1. The van der Waals surface area contributed by atoms with Crippen molar-refractivity contribution < 1.29 is 14.7 Å². The van der Waals surface area contributed by atoms with Gasteiger partial charge in [0.15, 0.2) is 5.78 Å². The van der Waals surface area contributed by atoms with Gasteiger partial charge in [-0.05, 0) is 60.6 Å². The molecular weight excluding hydrogens is 362 g/mol. The molecule has 1 amide bonds. The predicted octanol–water partition coefficient (Wildman–Crippen LogP) is 3.42. The summed E-state index contributed by atoms with van der Waals surface area (Å²) in [6, 6.07) is 13.2. The quantitative estimate of drug-likeness (QED) is 0.823.